The van der Waals surface area contributed by atoms with Crippen molar-refractivity contribution in [3.8, 4) is 5.75 Å². The molecule has 19 heavy (non-hydrogen) atoms. The van der Waals surface area contributed by atoms with Gasteiger partial charge in [0.25, 0.3) is 0 Å². The molecule has 0 aromatic heterocycles. The number of rotatable bonds is 4. The Labute approximate surface area is 115 Å². The van der Waals surface area contributed by atoms with Gasteiger partial charge in [0, 0.05) is 13.1 Å². The summed E-state index contributed by atoms with van der Waals surface area (Å²) < 4.78 is 20.2. The van der Waals surface area contributed by atoms with Gasteiger partial charge in [-0.15, -0.1) is 0 Å². The van der Waals surface area contributed by atoms with E-state index >= 15 is 0 Å². The van der Waals surface area contributed by atoms with Crippen molar-refractivity contribution in [2.45, 2.75) is 6.92 Å². The maximum Gasteiger partial charge on any atom is 0.165 e. The minimum absolute atomic E-state index is 0.263. The van der Waals surface area contributed by atoms with Gasteiger partial charge in [-0.25, -0.2) is 4.39 Å². The maximum absolute atomic E-state index is 13.6. The highest BCUT2D eigenvalue weighted by atomic mass is 19.1. The van der Waals surface area contributed by atoms with Gasteiger partial charge >= 0.3 is 0 Å². The first-order valence-electron chi connectivity index (χ1n) is 6.90. The van der Waals surface area contributed by atoms with Crippen molar-refractivity contribution in [2.75, 3.05) is 53.4 Å². The number of quaternary nitrogens is 1. The first-order valence-corrected chi connectivity index (χ1v) is 6.90. The summed E-state index contributed by atoms with van der Waals surface area (Å²) in [6.07, 6.45) is 0. The van der Waals surface area contributed by atoms with Gasteiger partial charge in [-0.2, -0.15) is 0 Å². The van der Waals surface area contributed by atoms with Gasteiger partial charge < -0.3 is 9.22 Å². The summed E-state index contributed by atoms with van der Waals surface area (Å²) in [4.78, 5) is 2.35. The van der Waals surface area contributed by atoms with E-state index in [1.807, 2.05) is 13.0 Å². The van der Waals surface area contributed by atoms with E-state index in [0.717, 1.165) is 42.8 Å². The van der Waals surface area contributed by atoms with Crippen LogP contribution in [0, 0.1) is 12.7 Å². The summed E-state index contributed by atoms with van der Waals surface area (Å²) in [5.41, 5.74) is 0.919. The van der Waals surface area contributed by atoms with E-state index in [1.165, 1.54) is 6.07 Å². The van der Waals surface area contributed by atoms with Crippen molar-refractivity contribution >= 4 is 0 Å². The second-order valence-electron chi connectivity index (χ2n) is 5.88. The van der Waals surface area contributed by atoms with E-state index < -0.39 is 0 Å². The lowest BCUT2D eigenvalue weighted by molar-refractivity contribution is -0.913. The smallest absolute Gasteiger partial charge is 0.165 e. The highest BCUT2D eigenvalue weighted by Gasteiger charge is 2.26. The molecule has 1 aliphatic rings. The molecule has 1 saturated heterocycles. The molecule has 1 aromatic carbocycles. The average Bonchev–Trinajstić information content (AvgIpc) is 2.36. The zero-order chi connectivity index (χ0) is 13.9. The number of aryl methyl sites for hydroxylation is 1. The third kappa shape index (κ3) is 3.91. The lowest BCUT2D eigenvalue weighted by Crippen LogP contribution is -2.57. The summed E-state index contributed by atoms with van der Waals surface area (Å²) in [7, 11) is 4.41. The number of nitrogens with zero attached hydrogens (tertiary/aromatic N) is 2. The number of hydrogen-bond donors (Lipinski definition) is 0. The third-order valence-electron chi connectivity index (χ3n) is 4.02. The van der Waals surface area contributed by atoms with Crippen LogP contribution in [0.4, 0.5) is 4.39 Å². The zero-order valence-electron chi connectivity index (χ0n) is 12.2. The summed E-state index contributed by atoms with van der Waals surface area (Å²) >= 11 is 0. The van der Waals surface area contributed by atoms with Gasteiger partial charge in [-0.3, -0.25) is 4.90 Å². The normalized spacial score (nSPS) is 19.4. The van der Waals surface area contributed by atoms with Crippen LogP contribution < -0.4 is 4.74 Å². The first kappa shape index (κ1) is 14.3. The summed E-state index contributed by atoms with van der Waals surface area (Å²) in [5.74, 6) is 0.104. The Hall–Kier alpha value is -1.13. The predicted molar refractivity (Wildman–Crippen MR) is 74.9 cm³/mol. The van der Waals surface area contributed by atoms with E-state index in [9.17, 15) is 4.39 Å². The molecule has 0 unspecified atom stereocenters. The highest BCUT2D eigenvalue weighted by molar-refractivity contribution is 5.28. The Balaban J connectivity index is 1.83. The Bertz CT molecular complexity index is 428. The molecule has 1 heterocycles. The van der Waals surface area contributed by atoms with Crippen LogP contribution in [0.2, 0.25) is 0 Å². The highest BCUT2D eigenvalue weighted by Crippen LogP contribution is 2.18. The molecule has 0 amide bonds. The van der Waals surface area contributed by atoms with Gasteiger partial charge in [0.15, 0.2) is 11.6 Å². The summed E-state index contributed by atoms with van der Waals surface area (Å²) in [6.45, 7) is 7.89. The standard InChI is InChI=1S/C15H24FN2O/c1-13-4-5-15(14(16)12-13)19-11-10-18(3)8-6-17(2)7-9-18/h4-5,12H,6-11H2,1-3H3/q+1. The molecular weight excluding hydrogens is 243 g/mol. The third-order valence-corrected chi connectivity index (χ3v) is 4.02. The summed E-state index contributed by atoms with van der Waals surface area (Å²) in [5, 5.41) is 0. The van der Waals surface area contributed by atoms with Gasteiger partial charge in [-0.1, -0.05) is 6.07 Å². The van der Waals surface area contributed by atoms with Crippen LogP contribution in [0.3, 0.4) is 0 Å². The maximum atomic E-state index is 13.6. The van der Waals surface area contributed by atoms with Gasteiger partial charge in [0.2, 0.25) is 0 Å². The fourth-order valence-corrected chi connectivity index (χ4v) is 2.37. The molecule has 0 spiro atoms. The van der Waals surface area contributed by atoms with Crippen LogP contribution in [-0.4, -0.2) is 62.8 Å². The summed E-state index contributed by atoms with van der Waals surface area (Å²) in [6, 6.07) is 5.11. The Kier molecular flexibility index (Phi) is 4.42. The van der Waals surface area contributed by atoms with Crippen LogP contribution in [0.1, 0.15) is 5.56 Å². The predicted octanol–water partition coefficient (Wildman–Crippen LogP) is 1.90. The van der Waals surface area contributed by atoms with Crippen molar-refractivity contribution in [3.05, 3.63) is 29.6 Å². The molecule has 0 bridgehead atoms. The molecule has 1 aromatic rings. The topological polar surface area (TPSA) is 12.5 Å². The van der Waals surface area contributed by atoms with E-state index in [2.05, 4.69) is 19.0 Å². The number of halogens is 1. The second kappa shape index (κ2) is 5.88. The minimum Gasteiger partial charge on any atom is -0.485 e. The quantitative estimate of drug-likeness (QED) is 0.773. The zero-order valence-corrected chi connectivity index (χ0v) is 12.2. The van der Waals surface area contributed by atoms with Gasteiger partial charge in [0.1, 0.15) is 13.2 Å². The van der Waals surface area contributed by atoms with Gasteiger partial charge in [-0.05, 0) is 31.7 Å². The Morgan fingerprint density at radius 2 is 2.00 bits per heavy atom. The SMILES string of the molecule is Cc1ccc(OCC[N+]2(C)CCN(C)CC2)c(F)c1. The fourth-order valence-electron chi connectivity index (χ4n) is 2.37. The first-order chi connectivity index (χ1) is 8.98. The van der Waals surface area contributed by atoms with Crippen LogP contribution >= 0.6 is 0 Å². The Morgan fingerprint density at radius 1 is 1.32 bits per heavy atom. The van der Waals surface area contributed by atoms with Crippen molar-refractivity contribution in [1.82, 2.24) is 4.90 Å². The van der Waals surface area contributed by atoms with Crippen LogP contribution in [0.25, 0.3) is 0 Å². The Morgan fingerprint density at radius 3 is 2.63 bits per heavy atom. The minimum atomic E-state index is -0.263. The van der Waals surface area contributed by atoms with Crippen molar-refractivity contribution < 1.29 is 13.6 Å². The molecule has 4 heteroatoms. The monoisotopic (exact) mass is 267 g/mol. The number of hydrogen-bond acceptors (Lipinski definition) is 2. The molecule has 1 aliphatic heterocycles. The lowest BCUT2D eigenvalue weighted by atomic mass is 10.2. The van der Waals surface area contributed by atoms with Crippen LogP contribution in [0.15, 0.2) is 18.2 Å². The molecule has 0 N–H and O–H groups in total. The molecule has 0 aliphatic carbocycles. The van der Waals surface area contributed by atoms with Crippen molar-refractivity contribution in [3.63, 3.8) is 0 Å². The number of piperazine rings is 1. The largest absolute Gasteiger partial charge is 0.485 e. The van der Waals surface area contributed by atoms with Crippen LogP contribution in [-0.2, 0) is 0 Å². The van der Waals surface area contributed by atoms with Crippen molar-refractivity contribution in [1.29, 1.82) is 0 Å². The van der Waals surface area contributed by atoms with E-state index in [1.54, 1.807) is 6.07 Å². The van der Waals surface area contributed by atoms with Gasteiger partial charge in [0.05, 0.1) is 20.1 Å². The molecular formula is C15H24FN2O+. The lowest BCUT2D eigenvalue weighted by Gasteiger charge is -2.40. The number of likely N-dealkylation sites (N-methyl/N-ethyl adjacent to an activating group) is 2. The second-order valence-corrected chi connectivity index (χ2v) is 5.88. The van der Waals surface area contributed by atoms with Crippen molar-refractivity contribution in [2.24, 2.45) is 0 Å². The molecule has 0 saturated carbocycles. The molecule has 3 nitrogen and oxygen atoms in total. The fraction of sp³-hybridized carbons (Fsp3) is 0.600. The van der Waals surface area contributed by atoms with E-state index in [-0.39, 0.29) is 5.82 Å². The molecule has 0 radical (unpaired) electrons. The molecule has 2 rings (SSSR count). The number of ether oxygens (including phenoxy) is 1. The van der Waals surface area contributed by atoms with E-state index in [4.69, 9.17) is 4.74 Å². The van der Waals surface area contributed by atoms with E-state index in [0.29, 0.717) is 12.4 Å². The number of benzene rings is 1. The molecule has 0 atom stereocenters. The molecule has 106 valence electrons. The van der Waals surface area contributed by atoms with Crippen LogP contribution in [0.5, 0.6) is 5.75 Å². The average molecular weight is 267 g/mol. The molecule has 1 fully saturated rings.